The van der Waals surface area contributed by atoms with Gasteiger partial charge in [0, 0.05) is 9.73 Å². The molecule has 1 aromatic carbocycles. The molecule has 1 aliphatic heterocycles. The lowest BCUT2D eigenvalue weighted by Gasteiger charge is -2.27. The highest BCUT2D eigenvalue weighted by Gasteiger charge is 2.21. The molecule has 4 heteroatoms. The van der Waals surface area contributed by atoms with E-state index in [-0.39, 0.29) is 12.2 Å². The van der Waals surface area contributed by atoms with E-state index < -0.39 is 0 Å². The predicted molar refractivity (Wildman–Crippen MR) is 110 cm³/mol. The van der Waals surface area contributed by atoms with Crippen LogP contribution in [0.3, 0.4) is 0 Å². The Morgan fingerprint density at radius 3 is 2.48 bits per heavy atom. The molecule has 0 saturated carbocycles. The second kappa shape index (κ2) is 8.88. The molecule has 0 N–H and O–H groups in total. The first-order chi connectivity index (χ1) is 11.0. The Labute approximate surface area is 155 Å². The third-order valence-electron chi connectivity index (χ3n) is 3.97. The average Bonchev–Trinajstić information content (AvgIpc) is 2.58. The normalized spacial score (nSPS) is 20.7. The molecular weight excluding hydrogens is 340 g/mol. The number of hydrogen-bond donors (Lipinski definition) is 0. The average molecular weight is 363 g/mol. The van der Waals surface area contributed by atoms with E-state index in [1.165, 1.54) is 5.57 Å². The van der Waals surface area contributed by atoms with Gasteiger partial charge in [-0.05, 0) is 43.7 Å². The van der Waals surface area contributed by atoms with Gasteiger partial charge in [0.05, 0.1) is 17.1 Å². The van der Waals surface area contributed by atoms with Crippen molar-refractivity contribution in [2.75, 3.05) is 0 Å². The van der Waals surface area contributed by atoms with Gasteiger partial charge < -0.3 is 4.74 Å². The lowest BCUT2D eigenvalue weighted by Crippen LogP contribution is -2.26. The van der Waals surface area contributed by atoms with Gasteiger partial charge in [-0.1, -0.05) is 80.0 Å². The molecule has 23 heavy (non-hydrogen) atoms. The molecule has 1 heterocycles. The maximum atomic E-state index is 5.85. The van der Waals surface area contributed by atoms with Crippen molar-refractivity contribution in [3.63, 3.8) is 0 Å². The number of benzene rings is 1. The van der Waals surface area contributed by atoms with Crippen molar-refractivity contribution in [1.82, 2.24) is 0 Å². The second-order valence-electron chi connectivity index (χ2n) is 5.81. The fourth-order valence-electron chi connectivity index (χ4n) is 2.69. The fourth-order valence-corrected chi connectivity index (χ4v) is 3.40. The summed E-state index contributed by atoms with van der Waals surface area (Å²) in [6.45, 7) is 4.22. The van der Waals surface area contributed by atoms with Crippen molar-refractivity contribution in [2.24, 2.45) is 0 Å². The Kier molecular flexibility index (Phi) is 7.15. The summed E-state index contributed by atoms with van der Waals surface area (Å²) in [5.74, 6) is 0. The summed E-state index contributed by atoms with van der Waals surface area (Å²) in [5, 5.41) is 0. The Hall–Kier alpha value is -0.810. The van der Waals surface area contributed by atoms with Crippen LogP contribution in [0.1, 0.15) is 45.1 Å². The van der Waals surface area contributed by atoms with Gasteiger partial charge in [-0.3, -0.25) is 0 Å². The third kappa shape index (κ3) is 5.35. The summed E-state index contributed by atoms with van der Waals surface area (Å²) in [7, 11) is 0. The maximum absolute atomic E-state index is 5.85. The van der Waals surface area contributed by atoms with E-state index in [4.69, 9.17) is 41.4 Å². The Morgan fingerprint density at radius 1 is 1.13 bits per heavy atom. The number of rotatable bonds is 7. The van der Waals surface area contributed by atoms with Gasteiger partial charge in [-0.15, -0.1) is 0 Å². The summed E-state index contributed by atoms with van der Waals surface area (Å²) < 4.78 is 5.85. The molecule has 0 amide bonds. The molecule has 1 unspecified atom stereocenters. The Balaban J connectivity index is 1.91. The molecule has 1 aromatic rings. The van der Waals surface area contributed by atoms with E-state index in [0.29, 0.717) is 0 Å². The van der Waals surface area contributed by atoms with Gasteiger partial charge in [0.25, 0.3) is 0 Å². The van der Waals surface area contributed by atoms with Gasteiger partial charge in [0.1, 0.15) is 0 Å². The molecule has 0 aromatic heterocycles. The first-order valence-electron chi connectivity index (χ1n) is 8.03. The van der Waals surface area contributed by atoms with Crippen molar-refractivity contribution in [3.8, 4) is 0 Å². The second-order valence-corrected chi connectivity index (χ2v) is 7.20. The minimum Gasteiger partial charge on any atom is -0.371 e. The van der Waals surface area contributed by atoms with E-state index in [2.05, 4.69) is 19.9 Å². The Morgan fingerprint density at radius 2 is 1.83 bits per heavy atom. The van der Waals surface area contributed by atoms with Gasteiger partial charge in [-0.2, -0.15) is 0 Å². The standard InChI is InChI=1S/C19H22OS3/c1-3-16-12-15(11-13(2)20-16)17(21)9-10-18(22)19(23)14-7-5-4-6-8-14/h4-8,11,13,16H,3,9-10,12H2,1-2H3/t13?,16-/m1/s1. The van der Waals surface area contributed by atoms with Crippen molar-refractivity contribution < 1.29 is 4.74 Å². The molecular formula is C19H22OS3. The summed E-state index contributed by atoms with van der Waals surface area (Å²) >= 11 is 16.6. The van der Waals surface area contributed by atoms with Gasteiger partial charge in [-0.25, -0.2) is 0 Å². The highest BCUT2D eigenvalue weighted by Crippen LogP contribution is 2.24. The first kappa shape index (κ1) is 18.5. The van der Waals surface area contributed by atoms with Crippen LogP contribution in [-0.2, 0) is 4.74 Å². The van der Waals surface area contributed by atoms with Gasteiger partial charge in [0.2, 0.25) is 0 Å². The fraction of sp³-hybridized carbons (Fsp3) is 0.421. The molecule has 0 saturated heterocycles. The molecule has 1 nitrogen and oxygen atoms in total. The van der Waals surface area contributed by atoms with Crippen LogP contribution < -0.4 is 0 Å². The van der Waals surface area contributed by atoms with E-state index >= 15 is 0 Å². The number of hydrogen-bond acceptors (Lipinski definition) is 4. The SMILES string of the molecule is CC[C@@H]1CC(C(=S)CCC(=S)C(=S)c2ccccc2)=CC(C)O1. The van der Waals surface area contributed by atoms with Crippen molar-refractivity contribution >= 4 is 51.2 Å². The summed E-state index contributed by atoms with van der Waals surface area (Å²) in [5.41, 5.74) is 2.27. The number of ether oxygens (including phenoxy) is 1. The molecule has 1 aliphatic rings. The smallest absolute Gasteiger partial charge is 0.0737 e. The highest BCUT2D eigenvalue weighted by molar-refractivity contribution is 7.89. The van der Waals surface area contributed by atoms with Crippen molar-refractivity contribution in [2.45, 2.75) is 51.7 Å². The van der Waals surface area contributed by atoms with E-state index in [0.717, 1.165) is 45.8 Å². The third-order valence-corrected chi connectivity index (χ3v) is 5.46. The minimum atomic E-state index is 0.138. The van der Waals surface area contributed by atoms with Gasteiger partial charge >= 0.3 is 0 Å². The minimum absolute atomic E-state index is 0.138. The molecule has 0 bridgehead atoms. The summed E-state index contributed by atoms with van der Waals surface area (Å²) in [6.07, 6.45) is 6.02. The molecule has 0 aliphatic carbocycles. The van der Waals surface area contributed by atoms with Crippen LogP contribution in [0.2, 0.25) is 0 Å². The number of thiocarbonyl (C=S) groups is 3. The molecule has 0 radical (unpaired) electrons. The van der Waals surface area contributed by atoms with Crippen LogP contribution in [-0.4, -0.2) is 26.8 Å². The summed E-state index contributed by atoms with van der Waals surface area (Å²) in [4.78, 5) is 2.59. The maximum Gasteiger partial charge on any atom is 0.0737 e. The van der Waals surface area contributed by atoms with Crippen molar-refractivity contribution in [3.05, 3.63) is 47.5 Å². The molecule has 122 valence electrons. The van der Waals surface area contributed by atoms with Crippen LogP contribution in [0.25, 0.3) is 0 Å². The van der Waals surface area contributed by atoms with E-state index in [1.54, 1.807) is 0 Å². The van der Waals surface area contributed by atoms with Gasteiger partial charge in [0.15, 0.2) is 0 Å². The predicted octanol–water partition coefficient (Wildman–Crippen LogP) is 5.44. The monoisotopic (exact) mass is 362 g/mol. The van der Waals surface area contributed by atoms with Crippen LogP contribution in [0.4, 0.5) is 0 Å². The van der Waals surface area contributed by atoms with E-state index in [1.807, 2.05) is 30.3 Å². The molecule has 0 spiro atoms. The quantitative estimate of drug-likeness (QED) is 0.471. The van der Waals surface area contributed by atoms with Crippen molar-refractivity contribution in [1.29, 1.82) is 0 Å². The van der Waals surface area contributed by atoms with Crippen LogP contribution >= 0.6 is 36.7 Å². The zero-order chi connectivity index (χ0) is 16.8. The zero-order valence-electron chi connectivity index (χ0n) is 13.6. The van der Waals surface area contributed by atoms with E-state index in [9.17, 15) is 0 Å². The summed E-state index contributed by atoms with van der Waals surface area (Å²) in [6, 6.07) is 9.94. The van der Waals surface area contributed by atoms with Crippen LogP contribution in [0.5, 0.6) is 0 Å². The molecule has 0 fully saturated rings. The lowest BCUT2D eigenvalue weighted by atomic mass is 9.95. The largest absolute Gasteiger partial charge is 0.371 e. The van der Waals surface area contributed by atoms with Crippen LogP contribution in [0.15, 0.2) is 42.0 Å². The molecule has 2 rings (SSSR count). The van der Waals surface area contributed by atoms with Crippen LogP contribution in [0, 0.1) is 0 Å². The highest BCUT2D eigenvalue weighted by atomic mass is 32.1. The lowest BCUT2D eigenvalue weighted by molar-refractivity contribution is 0.0123. The first-order valence-corrected chi connectivity index (χ1v) is 9.25. The molecule has 2 atom stereocenters. The zero-order valence-corrected chi connectivity index (χ0v) is 16.0. The Bertz CT molecular complexity index is 619. The topological polar surface area (TPSA) is 9.23 Å².